The number of nitrogens with zero attached hydrogens (tertiary/aromatic N) is 1. The molecule has 1 aliphatic heterocycles. The van der Waals surface area contributed by atoms with Crippen molar-refractivity contribution in [1.29, 1.82) is 5.26 Å². The highest BCUT2D eigenvalue weighted by Gasteiger charge is 2.46. The Morgan fingerprint density at radius 1 is 1.43 bits per heavy atom. The van der Waals surface area contributed by atoms with Crippen molar-refractivity contribution in [2.24, 2.45) is 5.92 Å². The van der Waals surface area contributed by atoms with Crippen LogP contribution in [0.1, 0.15) is 56.0 Å². The summed E-state index contributed by atoms with van der Waals surface area (Å²) in [4.78, 5) is 15.2. The van der Waals surface area contributed by atoms with Crippen LogP contribution >= 0.6 is 0 Å². The maximum atomic E-state index is 11.8. The SMILES string of the molecule is CCOCCOc1cc(C#N)c2c3c([nH]c2c1C)[C@](CC(=O)O)(C(C)CC)OCC3. The second-order valence-electron chi connectivity index (χ2n) is 7.80. The number of hydrogen-bond donors (Lipinski definition) is 2. The van der Waals surface area contributed by atoms with Crippen LogP contribution in [0.5, 0.6) is 5.75 Å². The molecule has 162 valence electrons. The quantitative estimate of drug-likeness (QED) is 0.600. The largest absolute Gasteiger partial charge is 0.491 e. The van der Waals surface area contributed by atoms with E-state index in [-0.39, 0.29) is 12.3 Å². The summed E-state index contributed by atoms with van der Waals surface area (Å²) in [6.45, 7) is 9.84. The summed E-state index contributed by atoms with van der Waals surface area (Å²) in [5.74, 6) is -0.280. The maximum Gasteiger partial charge on any atom is 0.306 e. The van der Waals surface area contributed by atoms with Crippen molar-refractivity contribution in [3.8, 4) is 11.8 Å². The fraction of sp³-hybridized carbons (Fsp3) is 0.565. The lowest BCUT2D eigenvalue weighted by Crippen LogP contribution is -2.43. The number of hydrogen-bond acceptors (Lipinski definition) is 5. The first kappa shape index (κ1) is 22.1. The van der Waals surface area contributed by atoms with Gasteiger partial charge in [-0.05, 0) is 37.8 Å². The van der Waals surface area contributed by atoms with Gasteiger partial charge < -0.3 is 24.3 Å². The highest BCUT2D eigenvalue weighted by Crippen LogP contribution is 2.47. The molecule has 1 aromatic heterocycles. The minimum absolute atomic E-state index is 0.00605. The molecule has 1 unspecified atom stereocenters. The van der Waals surface area contributed by atoms with Crippen molar-refractivity contribution >= 4 is 16.9 Å². The molecule has 0 fully saturated rings. The molecular formula is C23H30N2O5. The molecular weight excluding hydrogens is 384 g/mol. The van der Waals surface area contributed by atoms with Crippen LogP contribution in [-0.2, 0) is 26.3 Å². The summed E-state index contributed by atoms with van der Waals surface area (Å²) in [6, 6.07) is 4.07. The summed E-state index contributed by atoms with van der Waals surface area (Å²) < 4.78 is 17.4. The first-order valence-electron chi connectivity index (χ1n) is 10.5. The summed E-state index contributed by atoms with van der Waals surface area (Å²) >= 11 is 0. The molecule has 3 rings (SSSR count). The van der Waals surface area contributed by atoms with Gasteiger partial charge in [0.1, 0.15) is 18.0 Å². The van der Waals surface area contributed by atoms with Crippen LogP contribution in [0.4, 0.5) is 0 Å². The van der Waals surface area contributed by atoms with Gasteiger partial charge in [0.15, 0.2) is 0 Å². The van der Waals surface area contributed by atoms with E-state index in [1.54, 1.807) is 6.07 Å². The summed E-state index contributed by atoms with van der Waals surface area (Å²) in [6.07, 6.45) is 1.28. The average molecular weight is 415 g/mol. The zero-order valence-electron chi connectivity index (χ0n) is 18.1. The second-order valence-corrected chi connectivity index (χ2v) is 7.80. The molecule has 0 amide bonds. The number of aryl methyl sites for hydroxylation is 1. The topological polar surface area (TPSA) is 105 Å². The Morgan fingerprint density at radius 2 is 2.20 bits per heavy atom. The molecule has 0 radical (unpaired) electrons. The van der Waals surface area contributed by atoms with Crippen molar-refractivity contribution in [3.63, 3.8) is 0 Å². The van der Waals surface area contributed by atoms with Crippen LogP contribution in [0, 0.1) is 24.2 Å². The van der Waals surface area contributed by atoms with Gasteiger partial charge >= 0.3 is 5.97 Å². The Balaban J connectivity index is 2.18. The number of nitriles is 1. The zero-order chi connectivity index (χ0) is 21.9. The van der Waals surface area contributed by atoms with Gasteiger partial charge in [-0.15, -0.1) is 0 Å². The maximum absolute atomic E-state index is 11.8. The van der Waals surface area contributed by atoms with E-state index in [0.29, 0.717) is 44.2 Å². The molecule has 2 heterocycles. The van der Waals surface area contributed by atoms with Gasteiger partial charge in [-0.25, -0.2) is 0 Å². The number of fused-ring (bicyclic) bond motifs is 3. The lowest BCUT2D eigenvalue weighted by atomic mass is 9.77. The number of nitrogens with one attached hydrogen (secondary N) is 1. The lowest BCUT2D eigenvalue weighted by molar-refractivity contribution is -0.155. The number of H-pyrrole nitrogens is 1. The van der Waals surface area contributed by atoms with Gasteiger partial charge in [-0.2, -0.15) is 5.26 Å². The van der Waals surface area contributed by atoms with Crippen molar-refractivity contribution in [2.75, 3.05) is 26.4 Å². The average Bonchev–Trinajstić information content (AvgIpc) is 3.13. The van der Waals surface area contributed by atoms with Gasteiger partial charge in [0, 0.05) is 17.6 Å². The van der Waals surface area contributed by atoms with Gasteiger partial charge in [0.2, 0.25) is 0 Å². The fourth-order valence-corrected chi connectivity index (χ4v) is 4.42. The summed E-state index contributed by atoms with van der Waals surface area (Å²) in [5, 5.41) is 20.3. The number of aromatic nitrogens is 1. The minimum Gasteiger partial charge on any atom is -0.491 e. The van der Waals surface area contributed by atoms with Gasteiger partial charge in [0.25, 0.3) is 0 Å². The highest BCUT2D eigenvalue weighted by atomic mass is 16.5. The number of ether oxygens (including phenoxy) is 3. The van der Waals surface area contributed by atoms with Crippen molar-refractivity contribution in [1.82, 2.24) is 4.98 Å². The Hall–Kier alpha value is -2.56. The number of carbonyl (C=O) groups is 1. The van der Waals surface area contributed by atoms with Crippen molar-refractivity contribution in [2.45, 2.75) is 52.6 Å². The number of rotatable bonds is 9. The zero-order valence-corrected chi connectivity index (χ0v) is 18.1. The van der Waals surface area contributed by atoms with E-state index in [1.807, 2.05) is 27.7 Å². The molecule has 7 heteroatoms. The third-order valence-corrected chi connectivity index (χ3v) is 6.16. The van der Waals surface area contributed by atoms with Gasteiger partial charge in [0.05, 0.1) is 42.5 Å². The number of aromatic amines is 1. The van der Waals surface area contributed by atoms with Crippen LogP contribution in [0.3, 0.4) is 0 Å². The van der Waals surface area contributed by atoms with E-state index in [9.17, 15) is 15.2 Å². The fourth-order valence-electron chi connectivity index (χ4n) is 4.42. The highest BCUT2D eigenvalue weighted by molar-refractivity contribution is 5.94. The van der Waals surface area contributed by atoms with E-state index in [2.05, 4.69) is 11.1 Å². The van der Waals surface area contributed by atoms with Crippen LogP contribution in [-0.4, -0.2) is 42.5 Å². The van der Waals surface area contributed by atoms with Crippen LogP contribution in [0.15, 0.2) is 6.07 Å². The number of carboxylic acid groups (broad SMARTS) is 1. The molecule has 30 heavy (non-hydrogen) atoms. The first-order valence-corrected chi connectivity index (χ1v) is 10.5. The molecule has 0 aliphatic carbocycles. The molecule has 1 aromatic carbocycles. The Kier molecular flexibility index (Phi) is 6.69. The van der Waals surface area contributed by atoms with Crippen molar-refractivity contribution in [3.05, 3.63) is 28.5 Å². The van der Waals surface area contributed by atoms with E-state index in [4.69, 9.17) is 14.2 Å². The Labute approximate surface area is 176 Å². The molecule has 0 saturated carbocycles. The molecule has 7 nitrogen and oxygen atoms in total. The van der Waals surface area contributed by atoms with Crippen LogP contribution in [0.2, 0.25) is 0 Å². The van der Waals surface area contributed by atoms with E-state index in [1.165, 1.54) is 0 Å². The van der Waals surface area contributed by atoms with E-state index < -0.39 is 11.6 Å². The monoisotopic (exact) mass is 414 g/mol. The smallest absolute Gasteiger partial charge is 0.306 e. The lowest BCUT2D eigenvalue weighted by Gasteiger charge is -2.40. The molecule has 0 spiro atoms. The first-order chi connectivity index (χ1) is 14.4. The number of aliphatic carboxylic acids is 1. The molecule has 1 aliphatic rings. The standard InChI is InChI=1S/C23H30N2O5/c1-5-14(3)23(12-19(26)27)22-17(7-8-30-23)20-16(13-24)11-18(15(4)21(20)25-22)29-10-9-28-6-2/h11,14,25H,5-10,12H2,1-4H3,(H,26,27)/t14?,23-/m0/s1. The van der Waals surface area contributed by atoms with Gasteiger partial charge in [-0.3, -0.25) is 4.79 Å². The summed E-state index contributed by atoms with van der Waals surface area (Å²) in [7, 11) is 0. The minimum atomic E-state index is -0.942. The predicted molar refractivity (Wildman–Crippen MR) is 113 cm³/mol. The number of carboxylic acids is 1. The molecule has 0 saturated heterocycles. The normalized spacial score (nSPS) is 19.3. The Morgan fingerprint density at radius 3 is 2.83 bits per heavy atom. The third-order valence-electron chi connectivity index (χ3n) is 6.16. The Bertz CT molecular complexity index is 974. The van der Waals surface area contributed by atoms with Gasteiger partial charge in [-0.1, -0.05) is 20.3 Å². The van der Waals surface area contributed by atoms with Crippen molar-refractivity contribution < 1.29 is 24.1 Å². The second kappa shape index (κ2) is 9.07. The summed E-state index contributed by atoms with van der Waals surface area (Å²) in [5.41, 5.74) is 3.06. The van der Waals surface area contributed by atoms with Crippen LogP contribution in [0.25, 0.3) is 10.9 Å². The van der Waals surface area contributed by atoms with E-state index in [0.717, 1.165) is 34.1 Å². The predicted octanol–water partition coefficient (Wildman–Crippen LogP) is 4.05. The molecule has 2 aromatic rings. The van der Waals surface area contributed by atoms with Crippen LogP contribution < -0.4 is 4.74 Å². The molecule has 2 atom stereocenters. The molecule has 2 N–H and O–H groups in total. The third kappa shape index (κ3) is 3.78. The molecule has 0 bridgehead atoms. The van der Waals surface area contributed by atoms with E-state index >= 15 is 0 Å². The number of benzene rings is 1.